The number of aldehydes is 1. The molecule has 0 saturated heterocycles. The van der Waals surface area contributed by atoms with Crippen LogP contribution in [0.15, 0.2) is 10.8 Å². The molecule has 1 aromatic heterocycles. The molecule has 0 unspecified atom stereocenters. The zero-order chi connectivity index (χ0) is 12.8. The van der Waals surface area contributed by atoms with E-state index in [1.165, 1.54) is 11.3 Å². The first-order valence-electron chi connectivity index (χ1n) is 5.60. The quantitative estimate of drug-likeness (QED) is 0.736. The van der Waals surface area contributed by atoms with Crippen LogP contribution in [0.2, 0.25) is 0 Å². The minimum atomic E-state index is -0.460. The molecule has 1 aromatic rings. The molecule has 18 heavy (non-hydrogen) atoms. The number of carbonyl (C=O) groups is 2. The van der Waals surface area contributed by atoms with E-state index >= 15 is 0 Å². The number of ether oxygens (including phenoxy) is 3. The molecule has 0 amide bonds. The van der Waals surface area contributed by atoms with Gasteiger partial charge in [0.25, 0.3) is 6.47 Å². The van der Waals surface area contributed by atoms with Crippen LogP contribution >= 0.6 is 11.3 Å². The van der Waals surface area contributed by atoms with Crippen molar-refractivity contribution in [2.75, 3.05) is 19.8 Å². The maximum Gasteiger partial charge on any atom is 0.293 e. The summed E-state index contributed by atoms with van der Waals surface area (Å²) in [6.07, 6.45) is 1.81. The van der Waals surface area contributed by atoms with Gasteiger partial charge in [-0.3, -0.25) is 4.79 Å². The van der Waals surface area contributed by atoms with E-state index in [2.05, 4.69) is 0 Å². The van der Waals surface area contributed by atoms with Crippen molar-refractivity contribution in [3.63, 3.8) is 0 Å². The van der Waals surface area contributed by atoms with Crippen LogP contribution in [0.3, 0.4) is 0 Å². The molecule has 0 aliphatic carbocycles. The van der Waals surface area contributed by atoms with Gasteiger partial charge in [0.2, 0.25) is 0 Å². The van der Waals surface area contributed by atoms with Gasteiger partial charge in [0.1, 0.15) is 26.1 Å². The first-order valence-corrected chi connectivity index (χ1v) is 6.55. The third kappa shape index (κ3) is 2.81. The summed E-state index contributed by atoms with van der Waals surface area (Å²) in [6.45, 7) is 1.34. The topological polar surface area (TPSA) is 61.8 Å². The molecule has 2 heterocycles. The van der Waals surface area contributed by atoms with E-state index in [1.807, 2.05) is 10.8 Å². The fourth-order valence-corrected chi connectivity index (χ4v) is 2.55. The highest BCUT2D eigenvalue weighted by Gasteiger charge is 2.36. The van der Waals surface area contributed by atoms with Crippen molar-refractivity contribution in [1.82, 2.24) is 0 Å². The number of rotatable bonds is 6. The Bertz CT molecular complexity index is 378. The van der Waals surface area contributed by atoms with E-state index in [0.29, 0.717) is 44.0 Å². The molecule has 1 aliphatic heterocycles. The smallest absolute Gasteiger partial charge is 0.293 e. The van der Waals surface area contributed by atoms with Gasteiger partial charge >= 0.3 is 0 Å². The van der Waals surface area contributed by atoms with Crippen molar-refractivity contribution in [1.29, 1.82) is 0 Å². The van der Waals surface area contributed by atoms with Crippen molar-refractivity contribution in [3.8, 4) is 11.5 Å². The molecule has 0 N–H and O–H groups in total. The molecular weight excluding hydrogens is 256 g/mol. The number of hydrogen-bond acceptors (Lipinski definition) is 6. The van der Waals surface area contributed by atoms with Gasteiger partial charge in [-0.05, 0) is 6.42 Å². The van der Waals surface area contributed by atoms with E-state index in [0.717, 1.165) is 6.29 Å². The van der Waals surface area contributed by atoms with Crippen LogP contribution in [0.5, 0.6) is 11.5 Å². The first kappa shape index (κ1) is 12.9. The Morgan fingerprint density at radius 3 is 2.50 bits per heavy atom. The van der Waals surface area contributed by atoms with E-state index < -0.39 is 5.41 Å². The lowest BCUT2D eigenvalue weighted by Crippen LogP contribution is -2.38. The Hall–Kier alpha value is -1.56. The second-order valence-electron chi connectivity index (χ2n) is 4.29. The van der Waals surface area contributed by atoms with Gasteiger partial charge in [0, 0.05) is 17.2 Å². The Balaban J connectivity index is 2.08. The fraction of sp³-hybridized carbons (Fsp3) is 0.500. The van der Waals surface area contributed by atoms with E-state index in [4.69, 9.17) is 14.2 Å². The molecule has 0 aromatic carbocycles. The van der Waals surface area contributed by atoms with Crippen molar-refractivity contribution in [2.45, 2.75) is 12.8 Å². The summed E-state index contributed by atoms with van der Waals surface area (Å²) in [6, 6.07) is 0. The molecule has 2 rings (SSSR count). The van der Waals surface area contributed by atoms with Crippen molar-refractivity contribution >= 4 is 24.1 Å². The summed E-state index contributed by atoms with van der Waals surface area (Å²) >= 11 is 1.51. The zero-order valence-electron chi connectivity index (χ0n) is 9.79. The molecule has 98 valence electrons. The summed E-state index contributed by atoms with van der Waals surface area (Å²) in [5.41, 5.74) is -0.460. The summed E-state index contributed by atoms with van der Waals surface area (Å²) in [5.74, 6) is 1.41. The highest BCUT2D eigenvalue weighted by molar-refractivity contribution is 7.08. The third-order valence-electron chi connectivity index (χ3n) is 2.91. The summed E-state index contributed by atoms with van der Waals surface area (Å²) < 4.78 is 16.2. The molecule has 0 fully saturated rings. The molecule has 0 bridgehead atoms. The Morgan fingerprint density at radius 2 is 1.94 bits per heavy atom. The zero-order valence-corrected chi connectivity index (χ0v) is 10.6. The number of carbonyl (C=O) groups excluding carboxylic acids is 2. The van der Waals surface area contributed by atoms with E-state index in [9.17, 15) is 9.59 Å². The fourth-order valence-electron chi connectivity index (χ4n) is 1.86. The minimum absolute atomic E-state index is 0.193. The molecule has 0 atom stereocenters. The van der Waals surface area contributed by atoms with Gasteiger partial charge < -0.3 is 19.0 Å². The molecule has 0 spiro atoms. The van der Waals surface area contributed by atoms with Gasteiger partial charge in [-0.15, -0.1) is 11.3 Å². The molecule has 1 aliphatic rings. The van der Waals surface area contributed by atoms with Crippen LogP contribution in [0.4, 0.5) is 0 Å². The van der Waals surface area contributed by atoms with E-state index in [-0.39, 0.29) is 6.61 Å². The highest BCUT2D eigenvalue weighted by Crippen LogP contribution is 2.38. The van der Waals surface area contributed by atoms with Crippen LogP contribution in [-0.4, -0.2) is 32.6 Å². The second kappa shape index (κ2) is 5.86. The monoisotopic (exact) mass is 270 g/mol. The number of hydrogen-bond donors (Lipinski definition) is 0. The lowest BCUT2D eigenvalue weighted by Gasteiger charge is -2.29. The van der Waals surface area contributed by atoms with Crippen LogP contribution in [0.1, 0.15) is 12.8 Å². The maximum atomic E-state index is 10.5. The lowest BCUT2D eigenvalue weighted by atomic mass is 9.86. The number of fused-ring (bicyclic) bond motifs is 1. The van der Waals surface area contributed by atoms with Gasteiger partial charge in [-0.25, -0.2) is 0 Å². The van der Waals surface area contributed by atoms with Gasteiger partial charge in [0.15, 0.2) is 11.5 Å². The van der Waals surface area contributed by atoms with Crippen LogP contribution in [0, 0.1) is 5.41 Å². The molecule has 6 heteroatoms. The summed E-state index contributed by atoms with van der Waals surface area (Å²) in [5, 5.41) is 3.73. The predicted octanol–water partition coefficient (Wildman–Crippen LogP) is 1.66. The van der Waals surface area contributed by atoms with Crippen LogP contribution < -0.4 is 9.47 Å². The van der Waals surface area contributed by atoms with Gasteiger partial charge in [-0.1, -0.05) is 0 Å². The lowest BCUT2D eigenvalue weighted by molar-refractivity contribution is -0.133. The standard InChI is InChI=1S/C12H14O5S/c13-3-1-2-12(6-15-9-14)7-16-10-4-18-5-11(10)17-8-12/h3-5,9H,1-2,6-8H2. The Morgan fingerprint density at radius 1 is 1.28 bits per heavy atom. The van der Waals surface area contributed by atoms with Gasteiger partial charge in [0.05, 0.1) is 5.41 Å². The van der Waals surface area contributed by atoms with Crippen molar-refractivity contribution in [3.05, 3.63) is 10.8 Å². The third-order valence-corrected chi connectivity index (χ3v) is 3.61. The average molecular weight is 270 g/mol. The molecule has 5 nitrogen and oxygen atoms in total. The van der Waals surface area contributed by atoms with Crippen molar-refractivity contribution < 1.29 is 23.8 Å². The van der Waals surface area contributed by atoms with Crippen molar-refractivity contribution in [2.24, 2.45) is 5.41 Å². The SMILES string of the molecule is O=CCCC1(COC=O)COc2cscc2OC1. The second-order valence-corrected chi connectivity index (χ2v) is 5.03. The largest absolute Gasteiger partial charge is 0.488 e. The predicted molar refractivity (Wildman–Crippen MR) is 65.1 cm³/mol. The Labute approximate surface area is 109 Å². The summed E-state index contributed by atoms with van der Waals surface area (Å²) in [7, 11) is 0. The molecule has 0 saturated carbocycles. The van der Waals surface area contributed by atoms with Gasteiger partial charge in [-0.2, -0.15) is 0 Å². The normalized spacial score (nSPS) is 16.7. The Kier molecular flexibility index (Phi) is 4.19. The number of thiophene rings is 1. The minimum Gasteiger partial charge on any atom is -0.488 e. The summed E-state index contributed by atoms with van der Waals surface area (Å²) in [4.78, 5) is 20.9. The molecule has 0 radical (unpaired) electrons. The van der Waals surface area contributed by atoms with E-state index in [1.54, 1.807) is 0 Å². The highest BCUT2D eigenvalue weighted by atomic mass is 32.1. The maximum absolute atomic E-state index is 10.5. The average Bonchev–Trinajstić information content (AvgIpc) is 2.78. The molecular formula is C12H14O5S. The first-order chi connectivity index (χ1) is 8.79. The van der Waals surface area contributed by atoms with Crippen LogP contribution in [0.25, 0.3) is 0 Å². The van der Waals surface area contributed by atoms with Crippen LogP contribution in [-0.2, 0) is 14.3 Å².